The van der Waals surface area contributed by atoms with E-state index >= 15 is 0 Å². The Balaban J connectivity index is 2.55. The van der Waals surface area contributed by atoms with E-state index in [0.717, 1.165) is 6.42 Å². The number of hydrogen-bond donors (Lipinski definition) is 0. The monoisotopic (exact) mass is 336 g/mol. The van der Waals surface area contributed by atoms with Crippen LogP contribution >= 0.6 is 31.9 Å². The van der Waals surface area contributed by atoms with Gasteiger partial charge < -0.3 is 0 Å². The van der Waals surface area contributed by atoms with Gasteiger partial charge in [-0.05, 0) is 62.4 Å². The average Bonchev–Trinajstić information content (AvgIpc) is 2.21. The molecule has 0 aromatic heterocycles. The molecule has 0 aliphatic heterocycles. The zero-order valence-electron chi connectivity index (χ0n) is 8.82. The van der Waals surface area contributed by atoms with Gasteiger partial charge in [-0.1, -0.05) is 26.2 Å². The highest BCUT2D eigenvalue weighted by Crippen LogP contribution is 2.26. The highest BCUT2D eigenvalue weighted by molar-refractivity contribution is 9.11. The van der Waals surface area contributed by atoms with Gasteiger partial charge in [-0.25, -0.2) is 4.39 Å². The summed E-state index contributed by atoms with van der Waals surface area (Å²) in [4.78, 5) is 0. The molecule has 0 aliphatic rings. The molecule has 0 fully saturated rings. The number of aryl methyl sites for hydroxylation is 1. The summed E-state index contributed by atoms with van der Waals surface area (Å²) in [6, 6.07) is 3.73. The molecule has 15 heavy (non-hydrogen) atoms. The van der Waals surface area contributed by atoms with E-state index in [4.69, 9.17) is 0 Å². The van der Waals surface area contributed by atoms with Crippen molar-refractivity contribution in [3.8, 4) is 0 Å². The Morgan fingerprint density at radius 3 is 2.20 bits per heavy atom. The SMILES string of the molecule is CCCCCCc1cc(Br)c(F)c(Br)c1. The van der Waals surface area contributed by atoms with E-state index in [1.165, 1.54) is 31.2 Å². The van der Waals surface area contributed by atoms with E-state index in [1.54, 1.807) is 0 Å². The molecule has 0 atom stereocenters. The predicted molar refractivity (Wildman–Crippen MR) is 69.6 cm³/mol. The summed E-state index contributed by atoms with van der Waals surface area (Å²) in [5.74, 6) is -0.215. The predicted octanol–water partition coefficient (Wildman–Crippen LogP) is 5.47. The molecule has 3 heteroatoms. The second kappa shape index (κ2) is 6.64. The van der Waals surface area contributed by atoms with Gasteiger partial charge in [-0.3, -0.25) is 0 Å². The van der Waals surface area contributed by atoms with Crippen LogP contribution in [0.2, 0.25) is 0 Å². The third kappa shape index (κ3) is 4.23. The number of hydrogen-bond acceptors (Lipinski definition) is 0. The normalized spacial score (nSPS) is 10.7. The minimum absolute atomic E-state index is 0.215. The van der Waals surface area contributed by atoms with Crippen molar-refractivity contribution in [2.75, 3.05) is 0 Å². The second-order valence-electron chi connectivity index (χ2n) is 3.68. The lowest BCUT2D eigenvalue weighted by molar-refractivity contribution is 0.611. The fourth-order valence-corrected chi connectivity index (χ4v) is 2.79. The molecular weight excluding hydrogens is 323 g/mol. The Morgan fingerprint density at radius 2 is 1.67 bits per heavy atom. The number of halogens is 3. The van der Waals surface area contributed by atoms with Gasteiger partial charge in [-0.2, -0.15) is 0 Å². The summed E-state index contributed by atoms with van der Waals surface area (Å²) in [5.41, 5.74) is 1.19. The molecule has 0 spiro atoms. The smallest absolute Gasteiger partial charge is 0.151 e. The molecule has 0 N–H and O–H groups in total. The molecule has 1 aromatic rings. The molecule has 1 aromatic carbocycles. The van der Waals surface area contributed by atoms with Crippen LogP contribution in [0.4, 0.5) is 4.39 Å². The third-order valence-electron chi connectivity index (χ3n) is 2.36. The van der Waals surface area contributed by atoms with E-state index in [-0.39, 0.29) is 5.82 Å². The summed E-state index contributed by atoms with van der Waals surface area (Å²) in [6.07, 6.45) is 5.99. The van der Waals surface area contributed by atoms with E-state index in [0.29, 0.717) is 8.95 Å². The lowest BCUT2D eigenvalue weighted by atomic mass is 10.1. The van der Waals surface area contributed by atoms with Crippen molar-refractivity contribution in [2.24, 2.45) is 0 Å². The zero-order chi connectivity index (χ0) is 11.3. The molecule has 0 saturated heterocycles. The molecule has 0 aliphatic carbocycles. The maximum atomic E-state index is 13.3. The van der Waals surface area contributed by atoms with Gasteiger partial charge in [0.2, 0.25) is 0 Å². The Bertz CT molecular complexity index is 300. The van der Waals surface area contributed by atoms with Crippen LogP contribution in [0.15, 0.2) is 21.1 Å². The van der Waals surface area contributed by atoms with Crippen molar-refractivity contribution in [3.05, 3.63) is 32.5 Å². The second-order valence-corrected chi connectivity index (χ2v) is 5.39. The molecule has 0 bridgehead atoms. The van der Waals surface area contributed by atoms with Gasteiger partial charge in [-0.15, -0.1) is 0 Å². The Morgan fingerprint density at radius 1 is 1.07 bits per heavy atom. The largest absolute Gasteiger partial charge is 0.205 e. The number of unbranched alkanes of at least 4 members (excludes halogenated alkanes) is 3. The van der Waals surface area contributed by atoms with Crippen LogP contribution < -0.4 is 0 Å². The first-order valence-electron chi connectivity index (χ1n) is 5.28. The van der Waals surface area contributed by atoms with Crippen LogP contribution in [0.25, 0.3) is 0 Å². The molecule has 0 saturated carbocycles. The van der Waals surface area contributed by atoms with Crippen LogP contribution in [0.5, 0.6) is 0 Å². The first-order valence-corrected chi connectivity index (χ1v) is 6.87. The summed E-state index contributed by atoms with van der Waals surface area (Å²) < 4.78 is 14.3. The van der Waals surface area contributed by atoms with Crippen LogP contribution in [-0.4, -0.2) is 0 Å². The minimum atomic E-state index is -0.215. The van der Waals surface area contributed by atoms with E-state index in [1.807, 2.05) is 12.1 Å². The van der Waals surface area contributed by atoms with Crippen molar-refractivity contribution in [1.29, 1.82) is 0 Å². The van der Waals surface area contributed by atoms with Crippen LogP contribution in [-0.2, 0) is 6.42 Å². The van der Waals surface area contributed by atoms with Gasteiger partial charge in [0, 0.05) is 0 Å². The van der Waals surface area contributed by atoms with Crippen molar-refractivity contribution in [2.45, 2.75) is 39.0 Å². The van der Waals surface area contributed by atoms with Crippen molar-refractivity contribution in [1.82, 2.24) is 0 Å². The summed E-state index contributed by atoms with van der Waals surface area (Å²) in [5, 5.41) is 0. The lowest BCUT2D eigenvalue weighted by Gasteiger charge is -2.04. The average molecular weight is 338 g/mol. The van der Waals surface area contributed by atoms with Crippen molar-refractivity contribution in [3.63, 3.8) is 0 Å². The quantitative estimate of drug-likeness (QED) is 0.493. The molecule has 1 rings (SSSR count). The lowest BCUT2D eigenvalue weighted by Crippen LogP contribution is -1.89. The van der Waals surface area contributed by atoms with Crippen molar-refractivity contribution < 1.29 is 4.39 Å². The zero-order valence-corrected chi connectivity index (χ0v) is 12.0. The van der Waals surface area contributed by atoms with E-state index in [9.17, 15) is 4.39 Å². The fraction of sp³-hybridized carbons (Fsp3) is 0.500. The molecule has 0 heterocycles. The molecular formula is C12H15Br2F. The first-order chi connectivity index (χ1) is 7.15. The van der Waals surface area contributed by atoms with Crippen molar-refractivity contribution >= 4 is 31.9 Å². The van der Waals surface area contributed by atoms with Gasteiger partial charge in [0.25, 0.3) is 0 Å². The third-order valence-corrected chi connectivity index (χ3v) is 3.52. The maximum absolute atomic E-state index is 13.3. The van der Waals surface area contributed by atoms with Crippen LogP contribution in [0.1, 0.15) is 38.2 Å². The molecule has 84 valence electrons. The van der Waals surface area contributed by atoms with E-state index in [2.05, 4.69) is 38.8 Å². The van der Waals surface area contributed by atoms with Gasteiger partial charge in [0.15, 0.2) is 5.82 Å². The van der Waals surface area contributed by atoms with Crippen LogP contribution in [0.3, 0.4) is 0 Å². The molecule has 0 nitrogen and oxygen atoms in total. The number of rotatable bonds is 5. The Hall–Kier alpha value is 0.110. The highest BCUT2D eigenvalue weighted by Gasteiger charge is 2.06. The van der Waals surface area contributed by atoms with Gasteiger partial charge in [0.05, 0.1) is 8.95 Å². The molecule has 0 unspecified atom stereocenters. The highest BCUT2D eigenvalue weighted by atomic mass is 79.9. The van der Waals surface area contributed by atoms with Gasteiger partial charge in [0.1, 0.15) is 0 Å². The van der Waals surface area contributed by atoms with Crippen LogP contribution in [0, 0.1) is 5.82 Å². The maximum Gasteiger partial charge on any atom is 0.151 e. The number of benzene rings is 1. The Labute approximate surface area is 108 Å². The molecule has 0 amide bonds. The first kappa shape index (κ1) is 13.2. The van der Waals surface area contributed by atoms with E-state index < -0.39 is 0 Å². The fourth-order valence-electron chi connectivity index (χ4n) is 1.51. The topological polar surface area (TPSA) is 0 Å². The van der Waals surface area contributed by atoms with Gasteiger partial charge >= 0.3 is 0 Å². The minimum Gasteiger partial charge on any atom is -0.205 e. The molecule has 0 radical (unpaired) electrons. The summed E-state index contributed by atoms with van der Waals surface area (Å²) >= 11 is 6.43. The standard InChI is InChI=1S/C12H15Br2F/c1-2-3-4-5-6-9-7-10(13)12(15)11(14)8-9/h7-8H,2-6H2,1H3. The Kier molecular flexibility index (Phi) is 5.83. The summed E-state index contributed by atoms with van der Waals surface area (Å²) in [7, 11) is 0. The summed E-state index contributed by atoms with van der Waals surface area (Å²) in [6.45, 7) is 2.20.